The van der Waals surface area contributed by atoms with Gasteiger partial charge in [-0.1, -0.05) is 17.4 Å². The molecule has 0 fully saturated rings. The van der Waals surface area contributed by atoms with Gasteiger partial charge >= 0.3 is 0 Å². The largest absolute Gasteiger partial charge is 0.493 e. The summed E-state index contributed by atoms with van der Waals surface area (Å²) in [5.74, 6) is 0.669. The first-order chi connectivity index (χ1) is 9.13. The Morgan fingerprint density at radius 3 is 2.68 bits per heavy atom. The Hall–Kier alpha value is -1.95. The van der Waals surface area contributed by atoms with Crippen LogP contribution in [-0.4, -0.2) is 22.7 Å². The summed E-state index contributed by atoms with van der Waals surface area (Å²) >= 11 is 1.29. The number of amides is 1. The van der Waals surface area contributed by atoms with Crippen LogP contribution in [0.15, 0.2) is 23.7 Å². The molecule has 2 aromatic rings. The number of rotatable bonds is 5. The van der Waals surface area contributed by atoms with Crippen LogP contribution < -0.4 is 10.1 Å². The van der Waals surface area contributed by atoms with Crippen molar-refractivity contribution in [3.8, 4) is 5.75 Å². The van der Waals surface area contributed by atoms with Crippen LogP contribution in [0, 0.1) is 13.8 Å². The molecule has 0 unspecified atom stereocenters. The molecule has 19 heavy (non-hydrogen) atoms. The fourth-order valence-corrected chi connectivity index (χ4v) is 2.15. The highest BCUT2D eigenvalue weighted by Gasteiger charge is 2.05. The van der Waals surface area contributed by atoms with Crippen LogP contribution in [0.1, 0.15) is 17.5 Å². The van der Waals surface area contributed by atoms with Gasteiger partial charge in [0.25, 0.3) is 0 Å². The number of aromatic nitrogens is 2. The highest BCUT2D eigenvalue weighted by Crippen LogP contribution is 2.16. The van der Waals surface area contributed by atoms with Crippen LogP contribution in [0.25, 0.3) is 0 Å². The van der Waals surface area contributed by atoms with Gasteiger partial charge in [-0.2, -0.15) is 0 Å². The van der Waals surface area contributed by atoms with E-state index < -0.39 is 0 Å². The van der Waals surface area contributed by atoms with Crippen LogP contribution in [0.3, 0.4) is 0 Å². The molecule has 1 aromatic carbocycles. The molecule has 1 heterocycles. The van der Waals surface area contributed by atoms with Gasteiger partial charge in [-0.05, 0) is 37.1 Å². The Bertz CT molecular complexity index is 535. The lowest BCUT2D eigenvalue weighted by Crippen LogP contribution is -2.15. The predicted octanol–water partition coefficient (Wildman–Crippen LogP) is 2.56. The Balaban J connectivity index is 1.78. The van der Waals surface area contributed by atoms with E-state index >= 15 is 0 Å². The molecule has 0 radical (unpaired) electrons. The molecule has 0 atom stereocenters. The highest BCUT2D eigenvalue weighted by atomic mass is 32.1. The average Bonchev–Trinajstić information content (AvgIpc) is 2.80. The normalized spacial score (nSPS) is 10.2. The lowest BCUT2D eigenvalue weighted by molar-refractivity contribution is -0.116. The van der Waals surface area contributed by atoms with E-state index in [4.69, 9.17) is 4.74 Å². The van der Waals surface area contributed by atoms with Crippen molar-refractivity contribution >= 4 is 22.4 Å². The lowest BCUT2D eigenvalue weighted by Gasteiger charge is -2.07. The number of benzene rings is 1. The molecule has 1 amide bonds. The highest BCUT2D eigenvalue weighted by molar-refractivity contribution is 7.13. The van der Waals surface area contributed by atoms with Crippen molar-refractivity contribution in [2.45, 2.75) is 20.3 Å². The molecule has 0 saturated carbocycles. The molecule has 6 heteroatoms. The molecular weight excluding hydrogens is 262 g/mol. The zero-order valence-electron chi connectivity index (χ0n) is 10.8. The first-order valence-corrected chi connectivity index (χ1v) is 6.78. The zero-order valence-corrected chi connectivity index (χ0v) is 11.7. The third-order valence-electron chi connectivity index (χ3n) is 2.40. The maximum absolute atomic E-state index is 11.6. The molecule has 0 aliphatic heterocycles. The number of carbonyl (C=O) groups excluding carboxylic acids is 1. The number of aryl methyl sites for hydroxylation is 2. The first-order valence-electron chi connectivity index (χ1n) is 5.90. The minimum atomic E-state index is -0.124. The Morgan fingerprint density at radius 2 is 2.05 bits per heavy atom. The van der Waals surface area contributed by atoms with Crippen LogP contribution >= 0.6 is 11.3 Å². The molecule has 0 saturated heterocycles. The van der Waals surface area contributed by atoms with Gasteiger partial charge in [0.1, 0.15) is 11.3 Å². The van der Waals surface area contributed by atoms with Crippen molar-refractivity contribution in [3.05, 3.63) is 34.8 Å². The number of hydrogen-bond donors (Lipinski definition) is 1. The second-order valence-corrected chi connectivity index (χ2v) is 5.05. The third-order valence-corrected chi connectivity index (χ3v) is 3.01. The minimum absolute atomic E-state index is 0.124. The topological polar surface area (TPSA) is 64.1 Å². The van der Waals surface area contributed by atoms with E-state index in [1.165, 1.54) is 11.3 Å². The predicted molar refractivity (Wildman–Crippen MR) is 74.6 cm³/mol. The van der Waals surface area contributed by atoms with Gasteiger partial charge in [-0.25, -0.2) is 0 Å². The first kappa shape index (κ1) is 13.5. The molecule has 0 aliphatic carbocycles. The molecule has 0 bridgehead atoms. The Labute approximate surface area is 115 Å². The SMILES string of the molecule is Cc1cc(C)cc(OCCC(=O)Nc2nncs2)c1. The van der Waals surface area contributed by atoms with Gasteiger partial charge in [-0.3, -0.25) is 4.79 Å². The van der Waals surface area contributed by atoms with E-state index in [1.54, 1.807) is 5.51 Å². The summed E-state index contributed by atoms with van der Waals surface area (Å²) in [4.78, 5) is 11.6. The quantitative estimate of drug-likeness (QED) is 0.912. The molecule has 0 aliphatic rings. The van der Waals surface area contributed by atoms with Crippen molar-refractivity contribution in [2.24, 2.45) is 0 Å². The Kier molecular flexibility index (Phi) is 4.46. The smallest absolute Gasteiger partial charge is 0.229 e. The monoisotopic (exact) mass is 277 g/mol. The number of nitrogens with zero attached hydrogens (tertiary/aromatic N) is 2. The summed E-state index contributed by atoms with van der Waals surface area (Å²) in [6.45, 7) is 4.37. The van der Waals surface area contributed by atoms with E-state index in [0.29, 0.717) is 11.7 Å². The molecule has 0 spiro atoms. The number of anilines is 1. The van der Waals surface area contributed by atoms with E-state index in [0.717, 1.165) is 16.9 Å². The summed E-state index contributed by atoms with van der Waals surface area (Å²) in [6, 6.07) is 5.99. The summed E-state index contributed by atoms with van der Waals surface area (Å²) < 4.78 is 5.56. The van der Waals surface area contributed by atoms with Crippen molar-refractivity contribution in [1.82, 2.24) is 10.2 Å². The number of nitrogens with one attached hydrogen (secondary N) is 1. The van der Waals surface area contributed by atoms with Crippen molar-refractivity contribution < 1.29 is 9.53 Å². The molecule has 5 nitrogen and oxygen atoms in total. The van der Waals surface area contributed by atoms with Crippen LogP contribution in [0.5, 0.6) is 5.75 Å². The zero-order chi connectivity index (χ0) is 13.7. The molecule has 1 N–H and O–H groups in total. The van der Waals surface area contributed by atoms with Gasteiger partial charge < -0.3 is 10.1 Å². The fourth-order valence-electron chi connectivity index (χ4n) is 1.69. The van der Waals surface area contributed by atoms with Gasteiger partial charge in [-0.15, -0.1) is 10.2 Å². The van der Waals surface area contributed by atoms with E-state index in [9.17, 15) is 4.79 Å². The fraction of sp³-hybridized carbons (Fsp3) is 0.308. The summed E-state index contributed by atoms with van der Waals surface area (Å²) in [5.41, 5.74) is 3.86. The van der Waals surface area contributed by atoms with E-state index in [1.807, 2.05) is 26.0 Å². The van der Waals surface area contributed by atoms with Gasteiger partial charge in [0.2, 0.25) is 11.0 Å². The van der Waals surface area contributed by atoms with Gasteiger partial charge in [0.15, 0.2) is 0 Å². The number of ether oxygens (including phenoxy) is 1. The summed E-state index contributed by atoms with van der Waals surface area (Å²) in [5, 5.41) is 10.6. The maximum atomic E-state index is 11.6. The summed E-state index contributed by atoms with van der Waals surface area (Å²) in [6.07, 6.45) is 0.284. The second kappa shape index (κ2) is 6.29. The van der Waals surface area contributed by atoms with E-state index in [2.05, 4.69) is 21.6 Å². The van der Waals surface area contributed by atoms with Crippen molar-refractivity contribution in [1.29, 1.82) is 0 Å². The Morgan fingerprint density at radius 1 is 1.32 bits per heavy atom. The van der Waals surface area contributed by atoms with Gasteiger partial charge in [0.05, 0.1) is 13.0 Å². The standard InChI is InChI=1S/C13H15N3O2S/c1-9-5-10(2)7-11(6-9)18-4-3-12(17)15-13-16-14-8-19-13/h5-8H,3-4H2,1-2H3,(H,15,16,17). The van der Waals surface area contributed by atoms with Crippen LogP contribution in [-0.2, 0) is 4.79 Å². The third kappa shape index (κ3) is 4.33. The second-order valence-electron chi connectivity index (χ2n) is 4.21. The summed E-state index contributed by atoms with van der Waals surface area (Å²) in [7, 11) is 0. The molecular formula is C13H15N3O2S. The van der Waals surface area contributed by atoms with Crippen molar-refractivity contribution in [3.63, 3.8) is 0 Å². The number of carbonyl (C=O) groups is 1. The van der Waals surface area contributed by atoms with E-state index in [-0.39, 0.29) is 12.3 Å². The number of hydrogen-bond acceptors (Lipinski definition) is 5. The minimum Gasteiger partial charge on any atom is -0.493 e. The molecule has 1 aromatic heterocycles. The molecule has 100 valence electrons. The lowest BCUT2D eigenvalue weighted by atomic mass is 10.1. The average molecular weight is 277 g/mol. The van der Waals surface area contributed by atoms with Crippen molar-refractivity contribution in [2.75, 3.05) is 11.9 Å². The van der Waals surface area contributed by atoms with Crippen LogP contribution in [0.2, 0.25) is 0 Å². The maximum Gasteiger partial charge on any atom is 0.229 e. The van der Waals surface area contributed by atoms with Crippen LogP contribution in [0.4, 0.5) is 5.13 Å². The van der Waals surface area contributed by atoms with Gasteiger partial charge in [0, 0.05) is 0 Å². The molecule has 2 rings (SSSR count).